The van der Waals surface area contributed by atoms with E-state index in [9.17, 15) is 13.2 Å². The summed E-state index contributed by atoms with van der Waals surface area (Å²) in [5, 5.41) is 0. The number of benzene rings is 1. The van der Waals surface area contributed by atoms with Gasteiger partial charge in [0, 0.05) is 59.6 Å². The second kappa shape index (κ2) is 9.09. The summed E-state index contributed by atoms with van der Waals surface area (Å²) in [6, 6.07) is 8.47. The number of aromatic nitrogens is 4. The lowest BCUT2D eigenvalue weighted by atomic mass is 10.1. The van der Waals surface area contributed by atoms with E-state index in [2.05, 4.69) is 19.9 Å². The van der Waals surface area contributed by atoms with Gasteiger partial charge in [0.25, 0.3) is 0 Å². The van der Waals surface area contributed by atoms with Gasteiger partial charge in [0.1, 0.15) is 5.75 Å². The fourth-order valence-electron chi connectivity index (χ4n) is 2.49. The molecule has 0 saturated carbocycles. The minimum Gasteiger partial charge on any atom is -0.438 e. The van der Waals surface area contributed by atoms with Crippen LogP contribution < -0.4 is 4.74 Å². The van der Waals surface area contributed by atoms with Gasteiger partial charge in [0.15, 0.2) is 6.67 Å². The Hall–Kier alpha value is -3.55. The summed E-state index contributed by atoms with van der Waals surface area (Å²) < 4.78 is 45.2. The van der Waals surface area contributed by atoms with E-state index >= 15 is 0 Å². The highest BCUT2D eigenvalue weighted by molar-refractivity contribution is 5.69. The fraction of sp³-hybridized carbons (Fsp3) is 0.143. The van der Waals surface area contributed by atoms with E-state index in [1.807, 2.05) is 6.92 Å². The summed E-state index contributed by atoms with van der Waals surface area (Å²) in [6.07, 6.45) is 9.31. The molecule has 0 bridgehead atoms. The Morgan fingerprint density at radius 3 is 2.34 bits per heavy atom. The molecule has 148 valence electrons. The van der Waals surface area contributed by atoms with E-state index in [1.54, 1.807) is 30.7 Å². The summed E-state index contributed by atoms with van der Waals surface area (Å²) in [5.74, 6) is -2.99. The van der Waals surface area contributed by atoms with Crippen LogP contribution in [0.5, 0.6) is 11.6 Å². The molecule has 2 aromatic heterocycles. The molecule has 0 amide bonds. The van der Waals surface area contributed by atoms with Gasteiger partial charge < -0.3 is 4.74 Å². The smallest absolute Gasteiger partial charge is 0.301 e. The zero-order valence-corrected chi connectivity index (χ0v) is 15.5. The maximum absolute atomic E-state index is 13.5. The zero-order chi connectivity index (χ0) is 20.7. The first-order valence-corrected chi connectivity index (χ1v) is 8.64. The van der Waals surface area contributed by atoms with Crippen molar-refractivity contribution in [2.75, 3.05) is 6.67 Å². The van der Waals surface area contributed by atoms with E-state index in [4.69, 9.17) is 4.74 Å². The van der Waals surface area contributed by atoms with Crippen molar-refractivity contribution in [1.29, 1.82) is 0 Å². The highest BCUT2D eigenvalue weighted by Gasteiger charge is 2.31. The summed E-state index contributed by atoms with van der Waals surface area (Å²) in [5.41, 5.74) is 1.53. The molecule has 0 aliphatic rings. The quantitative estimate of drug-likeness (QED) is 0.590. The van der Waals surface area contributed by atoms with Crippen LogP contribution in [0.25, 0.3) is 11.1 Å². The number of pyridine rings is 1. The van der Waals surface area contributed by atoms with Crippen molar-refractivity contribution in [3.63, 3.8) is 0 Å². The first-order valence-electron chi connectivity index (χ1n) is 8.64. The molecular weight excluding hydrogens is 381 g/mol. The number of alkyl halides is 3. The van der Waals surface area contributed by atoms with Crippen LogP contribution in [0.4, 0.5) is 13.2 Å². The molecule has 0 saturated heterocycles. The van der Waals surface area contributed by atoms with E-state index in [-0.39, 0.29) is 11.6 Å². The highest BCUT2D eigenvalue weighted by atomic mass is 19.3. The molecule has 2 heterocycles. The second-order valence-corrected chi connectivity index (χ2v) is 5.97. The maximum Gasteiger partial charge on any atom is 0.301 e. The molecule has 1 aromatic carbocycles. The van der Waals surface area contributed by atoms with Gasteiger partial charge in [-0.3, -0.25) is 15.0 Å². The standard InChI is InChI=1S/C21H17F3N4O/c1-15-19(13-26-10-9-25-11-12-27-15)18-3-2-8-28-20(18)29-17-6-4-16(5-7-17)21(23,24)14-22/h2-13H,14H2,1H3. The van der Waals surface area contributed by atoms with Crippen LogP contribution in [-0.4, -0.2) is 26.6 Å². The van der Waals surface area contributed by atoms with Gasteiger partial charge in [-0.2, -0.15) is 8.78 Å². The molecule has 3 rings (SSSR count). The fourth-order valence-corrected chi connectivity index (χ4v) is 2.49. The predicted octanol–water partition coefficient (Wildman–Crippen LogP) is 5.22. The van der Waals surface area contributed by atoms with Crippen LogP contribution in [0.2, 0.25) is 0 Å². The van der Waals surface area contributed by atoms with Crippen LogP contribution in [0, 0.1) is 6.92 Å². The minimum absolute atomic E-state index is 0.253. The molecule has 0 radical (unpaired) electrons. The topological polar surface area (TPSA) is 60.8 Å². The Labute approximate surface area is 165 Å². The number of nitrogens with zero attached hydrogens (tertiary/aromatic N) is 4. The Bertz CT molecular complexity index is 1030. The SMILES string of the molecule is Cc1nccnccncc1-c1cccnc1Oc1ccc(C(F)(F)CF)cc1. The molecule has 0 fully saturated rings. The lowest BCUT2D eigenvalue weighted by Crippen LogP contribution is -2.15. The van der Waals surface area contributed by atoms with E-state index in [0.29, 0.717) is 16.8 Å². The number of rotatable bonds is 5. The molecular formula is C21H17F3N4O. The van der Waals surface area contributed by atoms with Crippen molar-refractivity contribution < 1.29 is 17.9 Å². The predicted molar refractivity (Wildman–Crippen MR) is 102 cm³/mol. The van der Waals surface area contributed by atoms with Crippen LogP contribution in [0.1, 0.15) is 11.3 Å². The second-order valence-electron chi connectivity index (χ2n) is 5.97. The molecule has 0 spiro atoms. The van der Waals surface area contributed by atoms with Crippen molar-refractivity contribution >= 4 is 0 Å². The monoisotopic (exact) mass is 398 g/mol. The zero-order valence-electron chi connectivity index (χ0n) is 15.5. The van der Waals surface area contributed by atoms with Crippen LogP contribution in [0.3, 0.4) is 0 Å². The third-order valence-electron chi connectivity index (χ3n) is 3.97. The molecule has 8 heteroatoms. The van der Waals surface area contributed by atoms with Gasteiger partial charge in [-0.25, -0.2) is 9.37 Å². The molecule has 5 nitrogen and oxygen atoms in total. The lowest BCUT2D eigenvalue weighted by Gasteiger charge is -2.14. The molecule has 0 N–H and O–H groups in total. The lowest BCUT2D eigenvalue weighted by molar-refractivity contribution is -0.0281. The average molecular weight is 398 g/mol. The maximum atomic E-state index is 13.5. The molecule has 0 atom stereocenters. The van der Waals surface area contributed by atoms with E-state index in [1.165, 1.54) is 30.7 Å². The third kappa shape index (κ3) is 5.04. The Balaban J connectivity index is 1.99. The largest absolute Gasteiger partial charge is 0.438 e. The van der Waals surface area contributed by atoms with Gasteiger partial charge in [-0.1, -0.05) is 0 Å². The summed E-state index contributed by atoms with van der Waals surface area (Å²) in [7, 11) is 0. The first kappa shape index (κ1) is 20.2. The number of hydrogen-bond acceptors (Lipinski definition) is 5. The van der Waals surface area contributed by atoms with Crippen molar-refractivity contribution in [3.8, 4) is 22.8 Å². The van der Waals surface area contributed by atoms with Gasteiger partial charge in [-0.05, 0) is 43.3 Å². The van der Waals surface area contributed by atoms with Gasteiger partial charge in [0.2, 0.25) is 5.88 Å². The molecule has 29 heavy (non-hydrogen) atoms. The minimum atomic E-state index is -3.53. The van der Waals surface area contributed by atoms with Crippen molar-refractivity contribution in [2.24, 2.45) is 0 Å². The number of aryl methyl sites for hydroxylation is 1. The van der Waals surface area contributed by atoms with Crippen molar-refractivity contribution in [1.82, 2.24) is 19.9 Å². The Morgan fingerprint density at radius 2 is 1.59 bits per heavy atom. The highest BCUT2D eigenvalue weighted by Crippen LogP contribution is 2.34. The van der Waals surface area contributed by atoms with Gasteiger partial charge >= 0.3 is 5.92 Å². The summed E-state index contributed by atoms with van der Waals surface area (Å²) in [4.78, 5) is 16.7. The molecule has 0 unspecified atom stereocenters. The third-order valence-corrected chi connectivity index (χ3v) is 3.97. The van der Waals surface area contributed by atoms with Crippen molar-refractivity contribution in [3.05, 3.63) is 84.8 Å². The Morgan fingerprint density at radius 1 is 0.862 bits per heavy atom. The van der Waals surface area contributed by atoms with Crippen LogP contribution in [-0.2, 0) is 5.92 Å². The normalized spacial score (nSPS) is 10.9. The van der Waals surface area contributed by atoms with E-state index in [0.717, 1.165) is 12.1 Å². The van der Waals surface area contributed by atoms with Crippen LogP contribution >= 0.6 is 0 Å². The first-order chi connectivity index (χ1) is 14.0. The Kier molecular flexibility index (Phi) is 6.33. The number of hydrogen-bond donors (Lipinski definition) is 0. The van der Waals surface area contributed by atoms with E-state index < -0.39 is 18.2 Å². The van der Waals surface area contributed by atoms with Gasteiger partial charge in [-0.15, -0.1) is 0 Å². The molecule has 0 aliphatic carbocycles. The summed E-state index contributed by atoms with van der Waals surface area (Å²) in [6.45, 7) is 0.0473. The molecule has 0 aliphatic heterocycles. The van der Waals surface area contributed by atoms with Gasteiger partial charge in [0.05, 0.1) is 0 Å². The number of ether oxygens (including phenoxy) is 1. The van der Waals surface area contributed by atoms with Crippen molar-refractivity contribution in [2.45, 2.75) is 12.8 Å². The van der Waals surface area contributed by atoms with Crippen LogP contribution in [0.15, 0.2) is 73.6 Å². The summed E-state index contributed by atoms with van der Waals surface area (Å²) >= 11 is 0. The average Bonchev–Trinajstić information content (AvgIpc) is 2.74. The molecule has 3 aromatic rings. The number of halogens is 3.